The molecule has 4 heteroatoms. The maximum Gasteiger partial charge on any atom is 0.123 e. The number of aryl methyl sites for hydroxylation is 1. The van der Waals surface area contributed by atoms with E-state index in [-0.39, 0.29) is 6.10 Å². The average Bonchev–Trinajstić information content (AvgIpc) is 2.68. The van der Waals surface area contributed by atoms with Gasteiger partial charge in [0.1, 0.15) is 5.82 Å². The summed E-state index contributed by atoms with van der Waals surface area (Å²) >= 11 is 0. The van der Waals surface area contributed by atoms with E-state index in [1.54, 1.807) is 0 Å². The molecule has 0 aliphatic rings. The van der Waals surface area contributed by atoms with Crippen molar-refractivity contribution in [1.82, 2.24) is 14.9 Å². The number of hydrogen-bond donors (Lipinski definition) is 2. The Morgan fingerprint density at radius 1 is 1.39 bits per heavy atom. The van der Waals surface area contributed by atoms with Crippen molar-refractivity contribution in [1.29, 1.82) is 0 Å². The fourth-order valence-electron chi connectivity index (χ4n) is 2.14. The molecule has 1 aromatic carbocycles. The number of fused-ring (bicyclic) bond motifs is 1. The van der Waals surface area contributed by atoms with Crippen LogP contribution in [0.25, 0.3) is 11.0 Å². The number of nitrogens with one attached hydrogen (secondary N) is 1. The molecule has 1 heterocycles. The lowest BCUT2D eigenvalue weighted by Crippen LogP contribution is -2.27. The van der Waals surface area contributed by atoms with E-state index in [2.05, 4.69) is 27.9 Å². The smallest absolute Gasteiger partial charge is 0.123 e. The summed E-state index contributed by atoms with van der Waals surface area (Å²) in [5.74, 6) is 1.000. The van der Waals surface area contributed by atoms with Gasteiger partial charge in [0.2, 0.25) is 0 Å². The molecule has 0 aliphatic carbocycles. The Morgan fingerprint density at radius 3 is 2.89 bits per heavy atom. The van der Waals surface area contributed by atoms with Crippen molar-refractivity contribution in [3.8, 4) is 0 Å². The summed E-state index contributed by atoms with van der Waals surface area (Å²) in [6, 6.07) is 8.10. The van der Waals surface area contributed by atoms with Gasteiger partial charge in [-0.25, -0.2) is 4.98 Å². The highest BCUT2D eigenvalue weighted by Crippen LogP contribution is 2.13. The molecule has 98 valence electrons. The van der Waals surface area contributed by atoms with Crippen LogP contribution in [0.4, 0.5) is 0 Å². The van der Waals surface area contributed by atoms with Gasteiger partial charge in [-0.1, -0.05) is 25.5 Å². The van der Waals surface area contributed by atoms with E-state index in [0.29, 0.717) is 13.1 Å². The monoisotopic (exact) mass is 247 g/mol. The molecule has 0 aliphatic heterocycles. The number of imidazole rings is 1. The summed E-state index contributed by atoms with van der Waals surface area (Å²) in [5, 5.41) is 12.9. The van der Waals surface area contributed by atoms with Crippen molar-refractivity contribution in [3.63, 3.8) is 0 Å². The van der Waals surface area contributed by atoms with Gasteiger partial charge >= 0.3 is 0 Å². The standard InChI is InChI=1S/C14H21N3O/c1-3-6-11(18)9-15-10-14-16-12-7-4-5-8-13(12)17(14)2/h4-5,7-8,11,15,18H,3,6,9-10H2,1-2H3. The van der Waals surface area contributed by atoms with Gasteiger partial charge in [0.25, 0.3) is 0 Å². The van der Waals surface area contributed by atoms with E-state index < -0.39 is 0 Å². The number of rotatable bonds is 6. The Labute approximate surface area is 108 Å². The Hall–Kier alpha value is -1.39. The molecular formula is C14H21N3O. The molecule has 1 aromatic heterocycles. The van der Waals surface area contributed by atoms with E-state index in [1.165, 1.54) is 0 Å². The van der Waals surface area contributed by atoms with Crippen molar-refractivity contribution in [2.45, 2.75) is 32.4 Å². The molecule has 0 radical (unpaired) electrons. The van der Waals surface area contributed by atoms with E-state index in [9.17, 15) is 5.11 Å². The second-order valence-corrected chi connectivity index (χ2v) is 4.65. The number of aliphatic hydroxyl groups is 1. The van der Waals surface area contributed by atoms with Crippen LogP contribution >= 0.6 is 0 Å². The summed E-state index contributed by atoms with van der Waals surface area (Å²) in [4.78, 5) is 4.57. The van der Waals surface area contributed by atoms with Gasteiger partial charge in [0.15, 0.2) is 0 Å². The lowest BCUT2D eigenvalue weighted by molar-refractivity contribution is 0.160. The summed E-state index contributed by atoms with van der Waals surface area (Å²) in [6.45, 7) is 3.39. The van der Waals surface area contributed by atoms with Crippen LogP contribution in [0.15, 0.2) is 24.3 Å². The first kappa shape index (κ1) is 13.1. The third-order valence-electron chi connectivity index (χ3n) is 3.16. The van der Waals surface area contributed by atoms with Crippen LogP contribution in [0.5, 0.6) is 0 Å². The fraction of sp³-hybridized carbons (Fsp3) is 0.500. The first-order chi connectivity index (χ1) is 8.72. The van der Waals surface area contributed by atoms with Crippen molar-refractivity contribution in [3.05, 3.63) is 30.1 Å². The molecule has 0 fully saturated rings. The molecule has 2 aromatic rings. The van der Waals surface area contributed by atoms with Crippen molar-refractivity contribution in [2.75, 3.05) is 6.54 Å². The Kier molecular flexibility index (Phi) is 4.33. The van der Waals surface area contributed by atoms with Crippen LogP contribution in [0.3, 0.4) is 0 Å². The zero-order valence-electron chi connectivity index (χ0n) is 11.1. The highest BCUT2D eigenvalue weighted by Gasteiger charge is 2.07. The quantitative estimate of drug-likeness (QED) is 0.818. The highest BCUT2D eigenvalue weighted by atomic mass is 16.3. The third kappa shape index (κ3) is 2.89. The summed E-state index contributed by atoms with van der Waals surface area (Å²) in [6.07, 6.45) is 1.59. The number of aliphatic hydroxyl groups excluding tert-OH is 1. The fourth-order valence-corrected chi connectivity index (χ4v) is 2.14. The van der Waals surface area contributed by atoms with Crippen LogP contribution in [0.1, 0.15) is 25.6 Å². The van der Waals surface area contributed by atoms with E-state index >= 15 is 0 Å². The maximum atomic E-state index is 9.65. The Bertz CT molecular complexity index is 507. The van der Waals surface area contributed by atoms with Crippen molar-refractivity contribution < 1.29 is 5.11 Å². The number of hydrogen-bond acceptors (Lipinski definition) is 3. The first-order valence-electron chi connectivity index (χ1n) is 6.51. The first-order valence-corrected chi connectivity index (χ1v) is 6.51. The van der Waals surface area contributed by atoms with E-state index in [0.717, 1.165) is 29.7 Å². The molecule has 0 bridgehead atoms. The van der Waals surface area contributed by atoms with Gasteiger partial charge in [-0.3, -0.25) is 0 Å². The van der Waals surface area contributed by atoms with E-state index in [4.69, 9.17) is 0 Å². The molecule has 0 saturated carbocycles. The number of para-hydroxylation sites is 2. The zero-order chi connectivity index (χ0) is 13.0. The largest absolute Gasteiger partial charge is 0.392 e. The van der Waals surface area contributed by atoms with Gasteiger partial charge in [-0.2, -0.15) is 0 Å². The average molecular weight is 247 g/mol. The maximum absolute atomic E-state index is 9.65. The van der Waals surface area contributed by atoms with Gasteiger partial charge in [0.05, 0.1) is 23.7 Å². The summed E-state index contributed by atoms with van der Waals surface area (Å²) < 4.78 is 2.09. The number of aromatic nitrogens is 2. The molecule has 18 heavy (non-hydrogen) atoms. The van der Waals surface area contributed by atoms with Crippen molar-refractivity contribution in [2.24, 2.45) is 7.05 Å². The molecule has 0 amide bonds. The van der Waals surface area contributed by atoms with Crippen LogP contribution in [0.2, 0.25) is 0 Å². The minimum Gasteiger partial charge on any atom is -0.392 e. The molecule has 1 atom stereocenters. The van der Waals surface area contributed by atoms with E-state index in [1.807, 2.05) is 25.2 Å². The number of nitrogens with zero attached hydrogens (tertiary/aromatic N) is 2. The molecule has 0 saturated heterocycles. The van der Waals surface area contributed by atoms with Crippen LogP contribution in [0, 0.1) is 0 Å². The molecule has 0 spiro atoms. The summed E-state index contributed by atoms with van der Waals surface area (Å²) in [5.41, 5.74) is 2.16. The molecule has 2 N–H and O–H groups in total. The minimum atomic E-state index is -0.260. The predicted octanol–water partition coefficient (Wildman–Crippen LogP) is 1.82. The Balaban J connectivity index is 1.97. The van der Waals surface area contributed by atoms with Gasteiger partial charge in [0, 0.05) is 13.6 Å². The lowest BCUT2D eigenvalue weighted by atomic mass is 10.2. The normalized spacial score (nSPS) is 13.1. The third-order valence-corrected chi connectivity index (χ3v) is 3.16. The minimum absolute atomic E-state index is 0.260. The molecular weight excluding hydrogens is 226 g/mol. The Morgan fingerprint density at radius 2 is 2.17 bits per heavy atom. The van der Waals surface area contributed by atoms with Crippen LogP contribution in [-0.4, -0.2) is 27.3 Å². The highest BCUT2D eigenvalue weighted by molar-refractivity contribution is 5.75. The second-order valence-electron chi connectivity index (χ2n) is 4.65. The lowest BCUT2D eigenvalue weighted by Gasteiger charge is -2.10. The summed E-state index contributed by atoms with van der Waals surface area (Å²) in [7, 11) is 2.02. The number of benzene rings is 1. The van der Waals surface area contributed by atoms with Gasteiger partial charge < -0.3 is 15.0 Å². The van der Waals surface area contributed by atoms with Gasteiger partial charge in [-0.05, 0) is 18.6 Å². The molecule has 2 rings (SSSR count). The topological polar surface area (TPSA) is 50.1 Å². The molecule has 4 nitrogen and oxygen atoms in total. The predicted molar refractivity (Wildman–Crippen MR) is 73.3 cm³/mol. The van der Waals surface area contributed by atoms with Crippen LogP contribution in [-0.2, 0) is 13.6 Å². The van der Waals surface area contributed by atoms with Gasteiger partial charge in [-0.15, -0.1) is 0 Å². The van der Waals surface area contributed by atoms with Crippen molar-refractivity contribution >= 4 is 11.0 Å². The molecule has 1 unspecified atom stereocenters. The SMILES string of the molecule is CCCC(O)CNCc1nc2ccccc2n1C. The van der Waals surface area contributed by atoms with Crippen LogP contribution < -0.4 is 5.32 Å². The second kappa shape index (κ2) is 5.98. The zero-order valence-corrected chi connectivity index (χ0v) is 11.1.